The molecule has 9 nitrogen and oxygen atoms in total. The smallest absolute Gasteiger partial charge is 0.338 e. The summed E-state index contributed by atoms with van der Waals surface area (Å²) in [5.41, 5.74) is 1.40. The van der Waals surface area contributed by atoms with E-state index < -0.39 is 12.0 Å². The molecular formula is C28H33N4O5S+. The molecule has 0 radical (unpaired) electrons. The van der Waals surface area contributed by atoms with Crippen molar-refractivity contribution < 1.29 is 23.6 Å². The molecule has 2 aliphatic heterocycles. The number of methoxy groups -OCH3 is 1. The first kappa shape index (κ1) is 26.0. The molecule has 0 spiro atoms. The van der Waals surface area contributed by atoms with E-state index in [-0.39, 0.29) is 11.7 Å². The number of esters is 1. The summed E-state index contributed by atoms with van der Waals surface area (Å²) < 4.78 is 19.0. The Morgan fingerprint density at radius 3 is 2.55 bits per heavy atom. The van der Waals surface area contributed by atoms with Crippen molar-refractivity contribution in [3.8, 4) is 5.75 Å². The van der Waals surface area contributed by atoms with Gasteiger partial charge < -0.3 is 23.7 Å². The van der Waals surface area contributed by atoms with Gasteiger partial charge in [-0.2, -0.15) is 0 Å². The third kappa shape index (κ3) is 5.06. The van der Waals surface area contributed by atoms with Gasteiger partial charge in [0.2, 0.25) is 0 Å². The van der Waals surface area contributed by atoms with E-state index in [2.05, 4.69) is 16.9 Å². The minimum absolute atomic E-state index is 0.238. The number of rotatable bonds is 6. The number of fused-ring (bicyclic) bond motifs is 1. The van der Waals surface area contributed by atoms with E-state index in [1.165, 1.54) is 16.2 Å². The summed E-state index contributed by atoms with van der Waals surface area (Å²) in [5.74, 6) is 1.61. The van der Waals surface area contributed by atoms with Crippen LogP contribution in [0.5, 0.6) is 5.75 Å². The largest absolute Gasteiger partial charge is 0.497 e. The predicted molar refractivity (Wildman–Crippen MR) is 146 cm³/mol. The van der Waals surface area contributed by atoms with Crippen LogP contribution < -0.4 is 29.4 Å². The molecule has 0 aliphatic carbocycles. The Morgan fingerprint density at radius 2 is 1.89 bits per heavy atom. The van der Waals surface area contributed by atoms with E-state index in [4.69, 9.17) is 13.9 Å². The van der Waals surface area contributed by atoms with Crippen molar-refractivity contribution in [2.75, 3.05) is 45.2 Å². The second kappa shape index (κ2) is 10.6. The summed E-state index contributed by atoms with van der Waals surface area (Å²) in [5, 5.41) is 0. The van der Waals surface area contributed by atoms with E-state index in [1.807, 2.05) is 36.4 Å². The van der Waals surface area contributed by atoms with Crippen molar-refractivity contribution in [2.45, 2.75) is 32.9 Å². The van der Waals surface area contributed by atoms with Crippen LogP contribution in [-0.4, -0.2) is 57.0 Å². The molecule has 38 heavy (non-hydrogen) atoms. The van der Waals surface area contributed by atoms with Crippen molar-refractivity contribution in [3.05, 3.63) is 78.7 Å². The molecular weight excluding hydrogens is 504 g/mol. The van der Waals surface area contributed by atoms with Crippen LogP contribution in [-0.2, 0) is 9.53 Å². The number of benzene rings is 1. The Hall–Kier alpha value is -3.63. The number of likely N-dealkylation sites (N-methyl/N-ethyl adjacent to an activating group) is 1. The van der Waals surface area contributed by atoms with Crippen molar-refractivity contribution in [1.82, 2.24) is 4.57 Å². The lowest BCUT2D eigenvalue weighted by Crippen LogP contribution is -3.12. The fraction of sp³-hybridized carbons (Fsp3) is 0.393. The van der Waals surface area contributed by atoms with Crippen molar-refractivity contribution in [2.24, 2.45) is 4.99 Å². The Balaban J connectivity index is 1.57. The van der Waals surface area contributed by atoms with Gasteiger partial charge in [-0.3, -0.25) is 9.36 Å². The molecule has 2 aliphatic rings. The number of nitrogens with zero attached hydrogens (tertiary/aromatic N) is 3. The molecule has 1 atom stereocenters. The van der Waals surface area contributed by atoms with Gasteiger partial charge in [0.05, 0.1) is 68.3 Å². The number of quaternary nitrogens is 1. The average Bonchev–Trinajstić information content (AvgIpc) is 3.47. The minimum Gasteiger partial charge on any atom is -0.497 e. The maximum absolute atomic E-state index is 13.8. The maximum atomic E-state index is 13.8. The highest BCUT2D eigenvalue weighted by Crippen LogP contribution is 2.32. The number of nitrogens with one attached hydrogen (secondary N) is 1. The third-order valence-corrected chi connectivity index (χ3v) is 7.81. The fourth-order valence-corrected chi connectivity index (χ4v) is 5.82. The molecule has 3 aromatic rings. The summed E-state index contributed by atoms with van der Waals surface area (Å²) >= 11 is 1.28. The van der Waals surface area contributed by atoms with Crippen LogP contribution in [0.3, 0.4) is 0 Å². The van der Waals surface area contributed by atoms with Crippen molar-refractivity contribution in [3.63, 3.8) is 0 Å². The molecule has 1 saturated heterocycles. The van der Waals surface area contributed by atoms with E-state index in [1.54, 1.807) is 38.5 Å². The van der Waals surface area contributed by atoms with E-state index in [0.717, 1.165) is 37.6 Å². The lowest BCUT2D eigenvalue weighted by atomic mass is 9.96. The van der Waals surface area contributed by atoms with Gasteiger partial charge in [0, 0.05) is 12.1 Å². The zero-order chi connectivity index (χ0) is 27.0. The molecule has 0 unspecified atom stereocenters. The Labute approximate surface area is 224 Å². The van der Waals surface area contributed by atoms with Gasteiger partial charge in [-0.1, -0.05) is 23.5 Å². The summed E-state index contributed by atoms with van der Waals surface area (Å²) in [4.78, 5) is 35.9. The molecule has 1 fully saturated rings. The zero-order valence-corrected chi connectivity index (χ0v) is 23.1. The first-order valence-electron chi connectivity index (χ1n) is 12.8. The number of aromatic nitrogens is 1. The van der Waals surface area contributed by atoms with Crippen LogP contribution >= 0.6 is 11.3 Å². The number of thiazole rings is 1. The number of anilines is 1. The van der Waals surface area contributed by atoms with E-state index in [9.17, 15) is 9.59 Å². The second-order valence-electron chi connectivity index (χ2n) is 9.93. The molecule has 200 valence electrons. The number of carbonyl (C=O) groups excluding carboxylic acids is 1. The minimum atomic E-state index is -0.675. The number of carbonyl (C=O) groups is 1. The Kier molecular flexibility index (Phi) is 7.27. The summed E-state index contributed by atoms with van der Waals surface area (Å²) in [6.45, 7) is 9.34. The molecule has 0 bridgehead atoms. The van der Waals surface area contributed by atoms with E-state index >= 15 is 0 Å². The Morgan fingerprint density at radius 1 is 1.18 bits per heavy atom. The molecule has 4 heterocycles. The Bertz CT molecular complexity index is 1540. The lowest BCUT2D eigenvalue weighted by molar-refractivity contribution is -0.880. The SMILES string of the molecule is COc1ccc([C@H]2C(C(=O)OC(C)C)=C(C)N=c3s/c(=C/c4ccc(N5CC[NH+](C)CC5)o4)c(=O)n32)cc1. The molecule has 0 amide bonds. The van der Waals surface area contributed by atoms with Crippen LogP contribution in [0.4, 0.5) is 5.88 Å². The van der Waals surface area contributed by atoms with Crippen molar-refractivity contribution in [1.29, 1.82) is 0 Å². The van der Waals surface area contributed by atoms with Crippen LogP contribution in [0.1, 0.15) is 38.1 Å². The molecule has 0 saturated carbocycles. The molecule has 10 heteroatoms. The summed E-state index contributed by atoms with van der Waals surface area (Å²) in [7, 11) is 3.79. The zero-order valence-electron chi connectivity index (χ0n) is 22.3. The average molecular weight is 538 g/mol. The highest BCUT2D eigenvalue weighted by molar-refractivity contribution is 7.07. The number of hydrogen-bond donors (Lipinski definition) is 1. The van der Waals surface area contributed by atoms with E-state index in [0.29, 0.717) is 32.1 Å². The van der Waals surface area contributed by atoms with Gasteiger partial charge in [0.1, 0.15) is 11.5 Å². The van der Waals surface area contributed by atoms with Gasteiger partial charge in [0.15, 0.2) is 10.7 Å². The highest BCUT2D eigenvalue weighted by Gasteiger charge is 2.34. The van der Waals surface area contributed by atoms with Gasteiger partial charge >= 0.3 is 5.97 Å². The normalized spacial score (nSPS) is 18.5. The number of piperazine rings is 1. The highest BCUT2D eigenvalue weighted by atomic mass is 32.1. The molecule has 5 rings (SSSR count). The summed E-state index contributed by atoms with van der Waals surface area (Å²) in [6.07, 6.45) is 1.45. The molecule has 1 aromatic carbocycles. The number of allylic oxidation sites excluding steroid dienone is 1. The quantitative estimate of drug-likeness (QED) is 0.474. The van der Waals surface area contributed by atoms with Gasteiger partial charge in [0.25, 0.3) is 5.56 Å². The molecule has 1 N–H and O–H groups in total. The monoisotopic (exact) mass is 537 g/mol. The number of ether oxygens (including phenoxy) is 2. The van der Waals surface area contributed by atoms with Crippen LogP contribution in [0.25, 0.3) is 6.08 Å². The first-order valence-corrected chi connectivity index (χ1v) is 13.6. The van der Waals surface area contributed by atoms with Crippen LogP contribution in [0.2, 0.25) is 0 Å². The van der Waals surface area contributed by atoms with Crippen molar-refractivity contribution >= 4 is 29.3 Å². The summed E-state index contributed by atoms with van der Waals surface area (Å²) in [6, 6.07) is 10.5. The van der Waals surface area contributed by atoms with Crippen LogP contribution in [0, 0.1) is 0 Å². The topological polar surface area (TPSA) is 90.7 Å². The van der Waals surface area contributed by atoms with Crippen LogP contribution in [0.15, 0.2) is 61.9 Å². The fourth-order valence-electron chi connectivity index (χ4n) is 4.79. The van der Waals surface area contributed by atoms with Gasteiger partial charge in [-0.25, -0.2) is 9.79 Å². The van der Waals surface area contributed by atoms with Gasteiger partial charge in [-0.15, -0.1) is 0 Å². The maximum Gasteiger partial charge on any atom is 0.338 e. The first-order chi connectivity index (χ1) is 18.2. The number of hydrogen-bond acceptors (Lipinski definition) is 8. The second-order valence-corrected chi connectivity index (χ2v) is 10.9. The third-order valence-electron chi connectivity index (χ3n) is 6.83. The lowest BCUT2D eigenvalue weighted by Gasteiger charge is -2.29. The predicted octanol–water partition coefficient (Wildman–Crippen LogP) is 1.12. The van der Waals surface area contributed by atoms with Gasteiger partial charge in [-0.05, 0) is 44.5 Å². The number of furan rings is 1. The molecule has 2 aromatic heterocycles. The standard InChI is InChI=1S/C28H32N4O5S/c1-17(2)36-27(34)24-18(3)29-28-32(25(24)19-6-8-20(35-5)9-7-19)26(33)22(38-28)16-21-10-11-23(37-21)31-14-12-30(4)13-15-31/h6-11,16-17,25H,12-15H2,1-5H3/p+1/b22-16+/t25-/m0/s1.